The molecule has 0 radical (unpaired) electrons. The number of nitrogens with two attached hydrogens (primary N) is 1. The molecule has 0 aromatic carbocycles. The summed E-state index contributed by atoms with van der Waals surface area (Å²) in [6, 6.07) is 0. The first kappa shape index (κ1) is 9.72. The van der Waals surface area contributed by atoms with Crippen molar-refractivity contribution in [3.05, 3.63) is 0 Å². The highest BCUT2D eigenvalue weighted by atomic mass is 35.5. The second-order valence-electron chi connectivity index (χ2n) is 2.34. The Morgan fingerprint density at radius 1 is 1.80 bits per heavy atom. The number of halogens is 1. The van der Waals surface area contributed by atoms with E-state index in [0.29, 0.717) is 6.54 Å². The number of rotatable bonds is 2. The Morgan fingerprint density at radius 2 is 2.50 bits per heavy atom. The summed E-state index contributed by atoms with van der Waals surface area (Å²) in [7, 11) is 0. The van der Waals surface area contributed by atoms with Crippen molar-refractivity contribution in [2.75, 3.05) is 6.54 Å². The van der Waals surface area contributed by atoms with Crippen LogP contribution in [-0.4, -0.2) is 18.4 Å². The number of hydrogen-bond acceptors (Lipinski definition) is 3. The lowest BCUT2D eigenvalue weighted by atomic mass is 10.1. The molecule has 1 unspecified atom stereocenters. The minimum absolute atomic E-state index is 0. The van der Waals surface area contributed by atoms with Crippen LogP contribution in [0.3, 0.4) is 0 Å². The van der Waals surface area contributed by atoms with Crippen molar-refractivity contribution in [3.8, 4) is 0 Å². The average Bonchev–Trinajstić information content (AvgIpc) is 2.17. The first-order chi connectivity index (χ1) is 4.33. The fourth-order valence-corrected chi connectivity index (χ4v) is 0.909. The molecule has 0 bridgehead atoms. The highest BCUT2D eigenvalue weighted by Gasteiger charge is 2.15. The lowest BCUT2D eigenvalue weighted by Crippen LogP contribution is -2.13. The Balaban J connectivity index is 0.000000810. The third kappa shape index (κ3) is 2.54. The number of hydrogen-bond donors (Lipinski definition) is 1. The summed E-state index contributed by atoms with van der Waals surface area (Å²) in [5.41, 5.74) is 6.40. The van der Waals surface area contributed by atoms with Gasteiger partial charge in [-0.25, -0.2) is 0 Å². The van der Waals surface area contributed by atoms with Gasteiger partial charge in [0.05, 0.1) is 5.71 Å². The minimum Gasteiger partial charge on any atom is -0.392 e. The van der Waals surface area contributed by atoms with Gasteiger partial charge >= 0.3 is 0 Å². The lowest BCUT2D eigenvalue weighted by Gasteiger charge is -2.03. The second-order valence-corrected chi connectivity index (χ2v) is 2.34. The van der Waals surface area contributed by atoms with Crippen LogP contribution in [0, 0.1) is 0 Å². The standard InChI is InChI=1S/C6H12N2O.ClH/c1-5-4-6(2-3-7)9-8-5;/h6H,2-4,7H2,1H3;1H. The summed E-state index contributed by atoms with van der Waals surface area (Å²) in [5, 5.41) is 3.80. The molecule has 1 aliphatic heterocycles. The molecule has 0 spiro atoms. The molecular formula is C6H13ClN2O. The van der Waals surface area contributed by atoms with Crippen LogP contribution in [0.1, 0.15) is 19.8 Å². The summed E-state index contributed by atoms with van der Waals surface area (Å²) in [6.07, 6.45) is 2.13. The number of nitrogens with zero attached hydrogens (tertiary/aromatic N) is 1. The molecule has 0 saturated heterocycles. The van der Waals surface area contributed by atoms with Crippen LogP contribution in [0.5, 0.6) is 0 Å². The van der Waals surface area contributed by atoms with Crippen LogP contribution in [0.2, 0.25) is 0 Å². The molecule has 1 heterocycles. The molecule has 60 valence electrons. The van der Waals surface area contributed by atoms with Gasteiger partial charge in [-0.3, -0.25) is 0 Å². The van der Waals surface area contributed by atoms with E-state index >= 15 is 0 Å². The van der Waals surface area contributed by atoms with Gasteiger partial charge in [-0.05, 0) is 19.9 Å². The van der Waals surface area contributed by atoms with E-state index in [4.69, 9.17) is 10.6 Å². The highest BCUT2D eigenvalue weighted by Crippen LogP contribution is 2.11. The zero-order valence-corrected chi connectivity index (χ0v) is 6.86. The first-order valence-corrected chi connectivity index (χ1v) is 3.22. The SMILES string of the molecule is CC1=NOC(CCN)C1.Cl. The van der Waals surface area contributed by atoms with Crippen molar-refractivity contribution in [2.45, 2.75) is 25.9 Å². The Bertz CT molecular complexity index is 127. The van der Waals surface area contributed by atoms with Crippen molar-refractivity contribution in [3.63, 3.8) is 0 Å². The molecule has 0 aliphatic carbocycles. The van der Waals surface area contributed by atoms with Crippen LogP contribution in [0.4, 0.5) is 0 Å². The monoisotopic (exact) mass is 164 g/mol. The van der Waals surface area contributed by atoms with Crippen LogP contribution in [-0.2, 0) is 4.84 Å². The van der Waals surface area contributed by atoms with Crippen LogP contribution in [0.25, 0.3) is 0 Å². The Hall–Kier alpha value is -0.280. The highest BCUT2D eigenvalue weighted by molar-refractivity contribution is 5.85. The third-order valence-electron chi connectivity index (χ3n) is 1.37. The Morgan fingerprint density at radius 3 is 2.90 bits per heavy atom. The predicted octanol–water partition coefficient (Wildman–Crippen LogP) is 0.922. The first-order valence-electron chi connectivity index (χ1n) is 3.22. The van der Waals surface area contributed by atoms with E-state index in [0.717, 1.165) is 18.6 Å². The third-order valence-corrected chi connectivity index (χ3v) is 1.37. The fraction of sp³-hybridized carbons (Fsp3) is 0.833. The molecule has 2 N–H and O–H groups in total. The van der Waals surface area contributed by atoms with E-state index < -0.39 is 0 Å². The largest absolute Gasteiger partial charge is 0.392 e. The summed E-state index contributed by atoms with van der Waals surface area (Å²) in [6.45, 7) is 2.66. The van der Waals surface area contributed by atoms with Crippen molar-refractivity contribution < 1.29 is 4.84 Å². The fourth-order valence-electron chi connectivity index (χ4n) is 0.909. The Labute approximate surface area is 67.0 Å². The van der Waals surface area contributed by atoms with Crippen molar-refractivity contribution >= 4 is 18.1 Å². The molecule has 1 aliphatic rings. The molecule has 1 atom stereocenters. The molecule has 0 amide bonds. The summed E-state index contributed by atoms with van der Waals surface area (Å²) >= 11 is 0. The lowest BCUT2D eigenvalue weighted by molar-refractivity contribution is 0.0810. The van der Waals surface area contributed by atoms with E-state index in [1.807, 2.05) is 6.92 Å². The van der Waals surface area contributed by atoms with Crippen LogP contribution >= 0.6 is 12.4 Å². The van der Waals surface area contributed by atoms with Gasteiger partial charge in [0.2, 0.25) is 0 Å². The van der Waals surface area contributed by atoms with Crippen LogP contribution in [0.15, 0.2) is 5.16 Å². The maximum Gasteiger partial charge on any atom is 0.134 e. The normalized spacial score (nSPS) is 23.0. The van der Waals surface area contributed by atoms with Gasteiger partial charge in [-0.15, -0.1) is 12.4 Å². The van der Waals surface area contributed by atoms with E-state index in [9.17, 15) is 0 Å². The minimum atomic E-state index is 0. The van der Waals surface area contributed by atoms with Gasteiger partial charge in [-0.1, -0.05) is 5.16 Å². The second kappa shape index (κ2) is 4.52. The zero-order valence-electron chi connectivity index (χ0n) is 6.04. The molecule has 0 aromatic rings. The van der Waals surface area contributed by atoms with Gasteiger partial charge in [0, 0.05) is 6.42 Å². The summed E-state index contributed by atoms with van der Waals surface area (Å²) in [4.78, 5) is 5.01. The quantitative estimate of drug-likeness (QED) is 0.660. The van der Waals surface area contributed by atoms with E-state index in [2.05, 4.69) is 5.16 Å². The van der Waals surface area contributed by atoms with Crippen molar-refractivity contribution in [1.29, 1.82) is 0 Å². The van der Waals surface area contributed by atoms with Crippen LogP contribution < -0.4 is 5.73 Å². The molecule has 0 saturated carbocycles. The van der Waals surface area contributed by atoms with Gasteiger partial charge in [-0.2, -0.15) is 0 Å². The van der Waals surface area contributed by atoms with Gasteiger partial charge < -0.3 is 10.6 Å². The summed E-state index contributed by atoms with van der Waals surface area (Å²) < 4.78 is 0. The van der Waals surface area contributed by atoms with Gasteiger partial charge in [0.25, 0.3) is 0 Å². The van der Waals surface area contributed by atoms with E-state index in [-0.39, 0.29) is 18.5 Å². The molecule has 0 aromatic heterocycles. The average molecular weight is 165 g/mol. The van der Waals surface area contributed by atoms with Crippen molar-refractivity contribution in [2.24, 2.45) is 10.9 Å². The maximum atomic E-state index is 5.32. The van der Waals surface area contributed by atoms with Gasteiger partial charge in [0.1, 0.15) is 6.10 Å². The number of oxime groups is 1. The molecule has 4 heteroatoms. The molecule has 10 heavy (non-hydrogen) atoms. The van der Waals surface area contributed by atoms with Crippen molar-refractivity contribution in [1.82, 2.24) is 0 Å². The molecular weight excluding hydrogens is 152 g/mol. The maximum absolute atomic E-state index is 5.32. The predicted molar refractivity (Wildman–Crippen MR) is 43.5 cm³/mol. The smallest absolute Gasteiger partial charge is 0.134 e. The molecule has 1 rings (SSSR count). The molecule has 3 nitrogen and oxygen atoms in total. The zero-order chi connectivity index (χ0) is 6.69. The van der Waals surface area contributed by atoms with E-state index in [1.54, 1.807) is 0 Å². The molecule has 0 fully saturated rings. The van der Waals surface area contributed by atoms with Gasteiger partial charge in [0.15, 0.2) is 0 Å². The topological polar surface area (TPSA) is 47.6 Å². The Kier molecular flexibility index (Phi) is 4.40. The van der Waals surface area contributed by atoms with E-state index in [1.165, 1.54) is 0 Å². The summed E-state index contributed by atoms with van der Waals surface area (Å²) in [5.74, 6) is 0.